The molecule has 4 N–H and O–H groups in total. The summed E-state index contributed by atoms with van der Waals surface area (Å²) in [6.45, 7) is 6.31. The molecule has 0 aromatic carbocycles. The predicted molar refractivity (Wildman–Crippen MR) is 79.3 cm³/mol. The van der Waals surface area contributed by atoms with Crippen LogP contribution in [0.4, 0.5) is 4.79 Å². The standard InChI is InChI=1S/C14H28N4O2/c1-3-8-16-14(20)17-13(19)10-18(4-2)12-7-5-6-11(12)9-15/h11-12H,3-10,15H2,1-2H3,(H2,16,17,19,20). The first-order chi connectivity index (χ1) is 9.62. The van der Waals surface area contributed by atoms with Crippen LogP contribution in [0.25, 0.3) is 0 Å². The average molecular weight is 284 g/mol. The topological polar surface area (TPSA) is 87.5 Å². The third-order valence-corrected chi connectivity index (χ3v) is 3.93. The van der Waals surface area contributed by atoms with Gasteiger partial charge in [0.25, 0.3) is 0 Å². The second kappa shape index (κ2) is 8.92. The highest BCUT2D eigenvalue weighted by Gasteiger charge is 2.31. The van der Waals surface area contributed by atoms with Gasteiger partial charge in [-0.2, -0.15) is 0 Å². The maximum Gasteiger partial charge on any atom is 0.321 e. The van der Waals surface area contributed by atoms with Gasteiger partial charge < -0.3 is 11.1 Å². The zero-order valence-electron chi connectivity index (χ0n) is 12.7. The highest BCUT2D eigenvalue weighted by atomic mass is 16.2. The molecular formula is C14H28N4O2. The van der Waals surface area contributed by atoms with E-state index in [2.05, 4.69) is 15.5 Å². The fourth-order valence-corrected chi connectivity index (χ4v) is 2.87. The first-order valence-electron chi connectivity index (χ1n) is 7.64. The number of nitrogens with two attached hydrogens (primary N) is 1. The molecule has 2 unspecified atom stereocenters. The Labute approximate surface area is 121 Å². The van der Waals surface area contributed by atoms with Crippen LogP contribution in [0.5, 0.6) is 0 Å². The van der Waals surface area contributed by atoms with Crippen LogP contribution < -0.4 is 16.4 Å². The molecule has 1 saturated carbocycles. The molecule has 6 heteroatoms. The first-order valence-corrected chi connectivity index (χ1v) is 7.64. The SMILES string of the molecule is CCCNC(=O)NC(=O)CN(CC)C1CCCC1CN. The van der Waals surface area contributed by atoms with Gasteiger partial charge in [0.15, 0.2) is 0 Å². The van der Waals surface area contributed by atoms with Crippen LogP contribution in [0.1, 0.15) is 39.5 Å². The number of urea groups is 1. The Kier molecular flexibility index (Phi) is 7.54. The third-order valence-electron chi connectivity index (χ3n) is 3.93. The zero-order chi connectivity index (χ0) is 15.0. The molecule has 0 bridgehead atoms. The smallest absolute Gasteiger partial charge is 0.321 e. The van der Waals surface area contributed by atoms with Gasteiger partial charge in [-0.1, -0.05) is 20.3 Å². The van der Waals surface area contributed by atoms with Gasteiger partial charge in [-0.3, -0.25) is 15.0 Å². The van der Waals surface area contributed by atoms with E-state index in [1.54, 1.807) is 0 Å². The van der Waals surface area contributed by atoms with Crippen LogP contribution in [0, 0.1) is 5.92 Å². The number of hydrogen-bond acceptors (Lipinski definition) is 4. The minimum atomic E-state index is -0.408. The molecule has 2 atom stereocenters. The van der Waals surface area contributed by atoms with Crippen molar-refractivity contribution in [1.29, 1.82) is 0 Å². The fraction of sp³-hybridized carbons (Fsp3) is 0.857. The van der Waals surface area contributed by atoms with E-state index in [4.69, 9.17) is 5.73 Å². The highest BCUT2D eigenvalue weighted by Crippen LogP contribution is 2.28. The Morgan fingerprint density at radius 3 is 2.65 bits per heavy atom. The van der Waals surface area contributed by atoms with Gasteiger partial charge in [0, 0.05) is 12.6 Å². The minimum Gasteiger partial charge on any atom is -0.338 e. The fourth-order valence-electron chi connectivity index (χ4n) is 2.87. The van der Waals surface area contributed by atoms with E-state index >= 15 is 0 Å². The number of hydrogen-bond donors (Lipinski definition) is 3. The van der Waals surface area contributed by atoms with Crippen LogP contribution in [-0.2, 0) is 4.79 Å². The van der Waals surface area contributed by atoms with Gasteiger partial charge in [-0.05, 0) is 38.3 Å². The summed E-state index contributed by atoms with van der Waals surface area (Å²) < 4.78 is 0. The normalized spacial score (nSPS) is 22.0. The van der Waals surface area contributed by atoms with Crippen molar-refractivity contribution in [2.75, 3.05) is 26.2 Å². The number of amides is 3. The van der Waals surface area contributed by atoms with Gasteiger partial charge >= 0.3 is 6.03 Å². The summed E-state index contributed by atoms with van der Waals surface area (Å²) >= 11 is 0. The number of nitrogens with one attached hydrogen (secondary N) is 2. The number of likely N-dealkylation sites (N-methyl/N-ethyl adjacent to an activating group) is 1. The summed E-state index contributed by atoms with van der Waals surface area (Å²) in [6.07, 6.45) is 4.24. The molecule has 1 aliphatic rings. The molecular weight excluding hydrogens is 256 g/mol. The van der Waals surface area contributed by atoms with Gasteiger partial charge in [-0.15, -0.1) is 0 Å². The summed E-state index contributed by atoms with van der Waals surface area (Å²) in [4.78, 5) is 25.5. The zero-order valence-corrected chi connectivity index (χ0v) is 12.7. The van der Waals surface area contributed by atoms with Crippen molar-refractivity contribution in [1.82, 2.24) is 15.5 Å². The van der Waals surface area contributed by atoms with Crippen LogP contribution in [-0.4, -0.2) is 49.1 Å². The van der Waals surface area contributed by atoms with Gasteiger partial charge in [0.1, 0.15) is 0 Å². The molecule has 3 amide bonds. The lowest BCUT2D eigenvalue weighted by molar-refractivity contribution is -0.121. The number of carbonyl (C=O) groups excluding carboxylic acids is 2. The Morgan fingerprint density at radius 2 is 2.05 bits per heavy atom. The largest absolute Gasteiger partial charge is 0.338 e. The molecule has 20 heavy (non-hydrogen) atoms. The molecule has 0 aromatic heterocycles. The Balaban J connectivity index is 2.43. The van der Waals surface area contributed by atoms with E-state index in [0.717, 1.165) is 25.8 Å². The summed E-state index contributed by atoms with van der Waals surface area (Å²) in [7, 11) is 0. The third kappa shape index (κ3) is 5.09. The van der Waals surface area contributed by atoms with Crippen molar-refractivity contribution in [2.24, 2.45) is 11.7 Å². The van der Waals surface area contributed by atoms with Crippen molar-refractivity contribution in [3.05, 3.63) is 0 Å². The molecule has 0 heterocycles. The summed E-state index contributed by atoms with van der Waals surface area (Å²) in [5.41, 5.74) is 5.79. The molecule has 0 spiro atoms. The van der Waals surface area contributed by atoms with Crippen LogP contribution >= 0.6 is 0 Å². The Bertz CT molecular complexity index is 322. The lowest BCUT2D eigenvalue weighted by Gasteiger charge is -2.31. The van der Waals surface area contributed by atoms with E-state index in [0.29, 0.717) is 25.0 Å². The number of carbonyl (C=O) groups is 2. The lowest BCUT2D eigenvalue weighted by Crippen LogP contribution is -2.48. The van der Waals surface area contributed by atoms with Crippen molar-refractivity contribution >= 4 is 11.9 Å². The quantitative estimate of drug-likeness (QED) is 0.641. The van der Waals surface area contributed by atoms with E-state index in [9.17, 15) is 9.59 Å². The molecule has 0 saturated heterocycles. The molecule has 0 radical (unpaired) electrons. The Morgan fingerprint density at radius 1 is 1.30 bits per heavy atom. The first kappa shape index (κ1) is 16.9. The van der Waals surface area contributed by atoms with Crippen LogP contribution in [0.3, 0.4) is 0 Å². The highest BCUT2D eigenvalue weighted by molar-refractivity contribution is 5.95. The van der Waals surface area contributed by atoms with Gasteiger partial charge in [-0.25, -0.2) is 4.79 Å². The van der Waals surface area contributed by atoms with Gasteiger partial charge in [0.2, 0.25) is 5.91 Å². The molecule has 6 nitrogen and oxygen atoms in total. The molecule has 0 aromatic rings. The monoisotopic (exact) mass is 284 g/mol. The predicted octanol–water partition coefficient (Wildman–Crippen LogP) is 0.672. The van der Waals surface area contributed by atoms with E-state index in [1.807, 2.05) is 13.8 Å². The molecule has 0 aliphatic heterocycles. The number of imide groups is 1. The van der Waals surface area contributed by atoms with E-state index in [1.165, 1.54) is 6.42 Å². The van der Waals surface area contributed by atoms with Gasteiger partial charge in [0.05, 0.1) is 6.54 Å². The number of nitrogens with zero attached hydrogens (tertiary/aromatic N) is 1. The van der Waals surface area contributed by atoms with Crippen molar-refractivity contribution in [3.63, 3.8) is 0 Å². The molecule has 1 aliphatic carbocycles. The van der Waals surface area contributed by atoms with Crippen molar-refractivity contribution < 1.29 is 9.59 Å². The average Bonchev–Trinajstić information content (AvgIpc) is 2.90. The van der Waals surface area contributed by atoms with Crippen LogP contribution in [0.15, 0.2) is 0 Å². The minimum absolute atomic E-state index is 0.247. The summed E-state index contributed by atoms with van der Waals surface area (Å²) in [6, 6.07) is -0.0378. The van der Waals surface area contributed by atoms with E-state index in [-0.39, 0.29) is 12.5 Å². The summed E-state index contributed by atoms with van der Waals surface area (Å²) in [5.74, 6) is 0.222. The van der Waals surface area contributed by atoms with Crippen molar-refractivity contribution in [3.8, 4) is 0 Å². The maximum absolute atomic E-state index is 11.9. The van der Waals surface area contributed by atoms with E-state index < -0.39 is 6.03 Å². The number of rotatable bonds is 7. The molecule has 1 fully saturated rings. The van der Waals surface area contributed by atoms with Crippen molar-refractivity contribution in [2.45, 2.75) is 45.6 Å². The lowest BCUT2D eigenvalue weighted by atomic mass is 10.0. The van der Waals surface area contributed by atoms with Crippen LogP contribution in [0.2, 0.25) is 0 Å². The molecule has 1 rings (SSSR count). The summed E-state index contributed by atoms with van der Waals surface area (Å²) in [5, 5.41) is 5.01. The maximum atomic E-state index is 11.9. The second-order valence-electron chi connectivity index (χ2n) is 5.36. The Hall–Kier alpha value is -1.14. The molecule has 116 valence electrons. The second-order valence-corrected chi connectivity index (χ2v) is 5.36.